The number of nitrogens with zero attached hydrogens (tertiary/aromatic N) is 2. The van der Waals surface area contributed by atoms with Crippen molar-refractivity contribution < 1.29 is 15.0 Å². The third-order valence-corrected chi connectivity index (χ3v) is 2.00. The Labute approximate surface area is 84.3 Å². The minimum atomic E-state index is -0.837. The predicted molar refractivity (Wildman–Crippen MR) is 50.4 cm³/mol. The Balaban J connectivity index is 3.45. The molecule has 7 heteroatoms. The van der Waals surface area contributed by atoms with Crippen LogP contribution in [0.2, 0.25) is 0 Å². The van der Waals surface area contributed by atoms with Crippen LogP contribution in [-0.2, 0) is 6.61 Å². The second-order valence-corrected chi connectivity index (χ2v) is 2.94. The van der Waals surface area contributed by atoms with Crippen LogP contribution in [0.3, 0.4) is 0 Å². The van der Waals surface area contributed by atoms with E-state index in [4.69, 9.17) is 5.11 Å². The summed E-state index contributed by atoms with van der Waals surface area (Å²) in [5.74, 6) is 0. The van der Waals surface area contributed by atoms with Crippen LogP contribution in [-0.4, -0.2) is 15.0 Å². The van der Waals surface area contributed by atoms with Crippen molar-refractivity contribution in [3.05, 3.63) is 43.5 Å². The van der Waals surface area contributed by atoms with E-state index in [1.807, 2.05) is 0 Å². The third kappa shape index (κ3) is 2.08. The zero-order valence-electron chi connectivity index (χ0n) is 7.84. The summed E-state index contributed by atoms with van der Waals surface area (Å²) in [4.78, 5) is 19.4. The molecule has 15 heavy (non-hydrogen) atoms. The van der Waals surface area contributed by atoms with Crippen LogP contribution in [0.4, 0.5) is 11.4 Å². The van der Waals surface area contributed by atoms with Gasteiger partial charge in [0.2, 0.25) is 0 Å². The molecule has 1 rings (SSSR count). The van der Waals surface area contributed by atoms with Gasteiger partial charge in [-0.15, -0.1) is 0 Å². The van der Waals surface area contributed by atoms with Gasteiger partial charge in [-0.2, -0.15) is 0 Å². The van der Waals surface area contributed by atoms with E-state index in [1.165, 1.54) is 0 Å². The van der Waals surface area contributed by atoms with Gasteiger partial charge in [-0.1, -0.05) is 0 Å². The molecule has 0 spiro atoms. The Bertz CT molecular complexity index is 429. The molecule has 0 aliphatic heterocycles. The highest BCUT2D eigenvalue weighted by Crippen LogP contribution is 2.29. The average molecular weight is 212 g/mol. The first-order valence-electron chi connectivity index (χ1n) is 4.00. The van der Waals surface area contributed by atoms with E-state index in [0.717, 1.165) is 12.1 Å². The number of benzene rings is 1. The summed E-state index contributed by atoms with van der Waals surface area (Å²) < 4.78 is 0. The molecule has 0 heterocycles. The lowest BCUT2D eigenvalue weighted by Crippen LogP contribution is -2.00. The first kappa shape index (κ1) is 11.1. The molecule has 0 aliphatic rings. The Morgan fingerprint density at radius 2 is 1.67 bits per heavy atom. The molecule has 0 saturated heterocycles. The highest BCUT2D eigenvalue weighted by molar-refractivity contribution is 5.56. The molecule has 0 aliphatic carbocycles. The number of rotatable bonds is 3. The van der Waals surface area contributed by atoms with Gasteiger partial charge in [0, 0.05) is 12.1 Å². The molecular weight excluding hydrogens is 204 g/mol. The molecule has 0 aromatic heterocycles. The standard InChI is InChI=1S/C8H8N2O5/c1-5-2-7(9(12)13)8(10(14)15)3-6(5)4-11/h2-3,11H,4H2,1H3. The number of hydrogen-bond acceptors (Lipinski definition) is 5. The molecule has 0 saturated carbocycles. The minimum Gasteiger partial charge on any atom is -0.392 e. The summed E-state index contributed by atoms with van der Waals surface area (Å²) in [5.41, 5.74) is -0.397. The van der Waals surface area contributed by atoms with E-state index < -0.39 is 21.2 Å². The molecule has 0 bridgehead atoms. The molecule has 0 unspecified atom stereocenters. The number of aliphatic hydroxyl groups excluding tert-OH is 1. The van der Waals surface area contributed by atoms with Gasteiger partial charge in [0.05, 0.1) is 16.5 Å². The topological polar surface area (TPSA) is 107 Å². The molecule has 0 amide bonds. The smallest absolute Gasteiger partial charge is 0.346 e. The highest BCUT2D eigenvalue weighted by Gasteiger charge is 2.25. The van der Waals surface area contributed by atoms with E-state index in [1.54, 1.807) is 6.92 Å². The Hall–Kier alpha value is -2.02. The SMILES string of the molecule is Cc1cc([N+](=O)[O-])c([N+](=O)[O-])cc1CO. The second-order valence-electron chi connectivity index (χ2n) is 2.94. The van der Waals surface area contributed by atoms with Crippen molar-refractivity contribution in [2.24, 2.45) is 0 Å². The van der Waals surface area contributed by atoms with Crippen LogP contribution in [0.1, 0.15) is 11.1 Å². The number of hydrogen-bond donors (Lipinski definition) is 1. The second kappa shape index (κ2) is 4.01. The maximum Gasteiger partial charge on any atom is 0.346 e. The lowest BCUT2D eigenvalue weighted by Gasteiger charge is -2.02. The fourth-order valence-corrected chi connectivity index (χ4v) is 1.19. The van der Waals surface area contributed by atoms with Gasteiger partial charge >= 0.3 is 11.4 Å². The fraction of sp³-hybridized carbons (Fsp3) is 0.250. The van der Waals surface area contributed by atoms with Crippen molar-refractivity contribution in [3.8, 4) is 0 Å². The largest absolute Gasteiger partial charge is 0.392 e. The van der Waals surface area contributed by atoms with E-state index in [2.05, 4.69) is 0 Å². The summed E-state index contributed by atoms with van der Waals surface area (Å²) in [6.45, 7) is 1.16. The number of nitro groups is 2. The summed E-state index contributed by atoms with van der Waals surface area (Å²) in [5, 5.41) is 29.9. The van der Waals surface area contributed by atoms with E-state index >= 15 is 0 Å². The van der Waals surface area contributed by atoms with E-state index in [0.29, 0.717) is 11.1 Å². The summed E-state index contributed by atoms with van der Waals surface area (Å²) in [6, 6.07) is 2.11. The van der Waals surface area contributed by atoms with Crippen molar-refractivity contribution in [2.45, 2.75) is 13.5 Å². The van der Waals surface area contributed by atoms with E-state index in [-0.39, 0.29) is 6.61 Å². The first-order valence-corrected chi connectivity index (χ1v) is 4.00. The van der Waals surface area contributed by atoms with Crippen molar-refractivity contribution in [1.29, 1.82) is 0 Å². The molecular formula is C8H8N2O5. The van der Waals surface area contributed by atoms with Crippen molar-refractivity contribution in [2.75, 3.05) is 0 Å². The molecule has 0 atom stereocenters. The van der Waals surface area contributed by atoms with Gasteiger partial charge in [0.25, 0.3) is 0 Å². The van der Waals surface area contributed by atoms with Crippen molar-refractivity contribution >= 4 is 11.4 Å². The molecule has 1 aromatic carbocycles. The number of aryl methyl sites for hydroxylation is 1. The van der Waals surface area contributed by atoms with Crippen molar-refractivity contribution in [1.82, 2.24) is 0 Å². The monoisotopic (exact) mass is 212 g/mol. The maximum atomic E-state index is 10.5. The van der Waals surface area contributed by atoms with Crippen LogP contribution in [0, 0.1) is 27.2 Å². The Morgan fingerprint density at radius 3 is 2.07 bits per heavy atom. The van der Waals surface area contributed by atoms with Gasteiger partial charge in [-0.3, -0.25) is 20.2 Å². The Morgan fingerprint density at radius 1 is 1.20 bits per heavy atom. The van der Waals surface area contributed by atoms with Gasteiger partial charge in [-0.25, -0.2) is 0 Å². The number of aliphatic hydroxyl groups is 1. The lowest BCUT2D eigenvalue weighted by atomic mass is 10.1. The molecule has 7 nitrogen and oxygen atoms in total. The zero-order valence-corrected chi connectivity index (χ0v) is 7.84. The normalized spacial score (nSPS) is 10.0. The predicted octanol–water partition coefficient (Wildman–Crippen LogP) is 1.30. The molecule has 0 fully saturated rings. The van der Waals surface area contributed by atoms with Crippen molar-refractivity contribution in [3.63, 3.8) is 0 Å². The summed E-state index contributed by atoms with van der Waals surface area (Å²) >= 11 is 0. The third-order valence-electron chi connectivity index (χ3n) is 2.00. The summed E-state index contributed by atoms with van der Waals surface area (Å²) in [7, 11) is 0. The van der Waals surface area contributed by atoms with Gasteiger partial charge in [0.15, 0.2) is 0 Å². The first-order chi connectivity index (χ1) is 6.97. The van der Waals surface area contributed by atoms with Gasteiger partial charge < -0.3 is 5.11 Å². The van der Waals surface area contributed by atoms with Gasteiger partial charge in [0.1, 0.15) is 0 Å². The Kier molecular flexibility index (Phi) is 2.96. The quantitative estimate of drug-likeness (QED) is 0.600. The molecule has 1 N–H and O–H groups in total. The zero-order chi connectivity index (χ0) is 11.6. The van der Waals surface area contributed by atoms with Crippen LogP contribution < -0.4 is 0 Å². The minimum absolute atomic E-state index is 0.312. The average Bonchev–Trinajstić information content (AvgIpc) is 2.16. The molecule has 1 aromatic rings. The van der Waals surface area contributed by atoms with E-state index in [9.17, 15) is 20.2 Å². The lowest BCUT2D eigenvalue weighted by molar-refractivity contribution is -0.422. The maximum absolute atomic E-state index is 10.5. The highest BCUT2D eigenvalue weighted by atomic mass is 16.6. The molecule has 0 radical (unpaired) electrons. The molecule has 80 valence electrons. The van der Waals surface area contributed by atoms with Crippen LogP contribution in [0.25, 0.3) is 0 Å². The van der Waals surface area contributed by atoms with Crippen LogP contribution in [0.15, 0.2) is 12.1 Å². The fourth-order valence-electron chi connectivity index (χ4n) is 1.19. The summed E-state index contributed by atoms with van der Waals surface area (Å²) in [6.07, 6.45) is 0. The number of nitro benzene ring substituents is 2. The van der Waals surface area contributed by atoms with Crippen LogP contribution >= 0.6 is 0 Å². The van der Waals surface area contributed by atoms with Crippen LogP contribution in [0.5, 0.6) is 0 Å². The van der Waals surface area contributed by atoms with Gasteiger partial charge in [-0.05, 0) is 18.1 Å².